The predicted molar refractivity (Wildman–Crippen MR) is 102 cm³/mol. The Labute approximate surface area is 167 Å². The Kier molecular flexibility index (Phi) is 5.63. The minimum absolute atomic E-state index is 0.142. The quantitative estimate of drug-likeness (QED) is 0.788. The molecule has 0 saturated carbocycles. The SMILES string of the molecule is CC1(C)CN(c2ccc(S(=O)(=O)C(F)(F)F)cc2)CN1Cc1ccnc(CO)c1. The van der Waals surface area contributed by atoms with Gasteiger partial charge in [-0.3, -0.25) is 9.88 Å². The van der Waals surface area contributed by atoms with Gasteiger partial charge in [0.2, 0.25) is 0 Å². The number of aliphatic hydroxyl groups is 1. The number of aromatic nitrogens is 1. The van der Waals surface area contributed by atoms with Gasteiger partial charge in [-0.15, -0.1) is 0 Å². The normalized spacial score (nSPS) is 17.7. The Morgan fingerprint density at radius 1 is 1.17 bits per heavy atom. The molecule has 29 heavy (non-hydrogen) atoms. The Morgan fingerprint density at radius 2 is 1.83 bits per heavy atom. The van der Waals surface area contributed by atoms with Crippen molar-refractivity contribution in [1.29, 1.82) is 0 Å². The van der Waals surface area contributed by atoms with Crippen LogP contribution in [0.2, 0.25) is 0 Å². The molecule has 1 saturated heterocycles. The van der Waals surface area contributed by atoms with E-state index in [1.54, 1.807) is 6.20 Å². The van der Waals surface area contributed by atoms with E-state index in [-0.39, 0.29) is 12.1 Å². The molecule has 6 nitrogen and oxygen atoms in total. The van der Waals surface area contributed by atoms with Crippen molar-refractivity contribution in [1.82, 2.24) is 9.88 Å². The molecule has 1 aliphatic rings. The lowest BCUT2D eigenvalue weighted by atomic mass is 10.0. The van der Waals surface area contributed by atoms with E-state index in [0.29, 0.717) is 31.1 Å². The molecule has 1 aromatic carbocycles. The van der Waals surface area contributed by atoms with E-state index in [1.807, 2.05) is 17.0 Å². The number of nitrogens with zero attached hydrogens (tertiary/aromatic N) is 3. The van der Waals surface area contributed by atoms with Gasteiger partial charge in [-0.05, 0) is 55.8 Å². The van der Waals surface area contributed by atoms with Crippen LogP contribution < -0.4 is 4.90 Å². The second-order valence-electron chi connectivity index (χ2n) is 7.61. The Balaban J connectivity index is 1.77. The van der Waals surface area contributed by atoms with E-state index in [4.69, 9.17) is 0 Å². The summed E-state index contributed by atoms with van der Waals surface area (Å²) >= 11 is 0. The average molecular weight is 429 g/mol. The molecular formula is C19H22F3N3O3S. The lowest BCUT2D eigenvalue weighted by Gasteiger charge is -2.29. The lowest BCUT2D eigenvalue weighted by molar-refractivity contribution is -0.0436. The number of pyridine rings is 1. The van der Waals surface area contributed by atoms with Crippen molar-refractivity contribution in [3.8, 4) is 0 Å². The maximum Gasteiger partial charge on any atom is 0.501 e. The van der Waals surface area contributed by atoms with E-state index in [2.05, 4.69) is 23.7 Å². The number of hydrogen-bond acceptors (Lipinski definition) is 6. The van der Waals surface area contributed by atoms with E-state index in [9.17, 15) is 26.7 Å². The Morgan fingerprint density at radius 3 is 2.41 bits per heavy atom. The molecule has 1 fully saturated rings. The van der Waals surface area contributed by atoms with Gasteiger partial charge in [-0.25, -0.2) is 8.42 Å². The van der Waals surface area contributed by atoms with Gasteiger partial charge in [0.05, 0.1) is 23.9 Å². The second kappa shape index (κ2) is 7.58. The summed E-state index contributed by atoms with van der Waals surface area (Å²) in [5, 5.41) is 9.25. The molecule has 0 aliphatic carbocycles. The van der Waals surface area contributed by atoms with Gasteiger partial charge >= 0.3 is 5.51 Å². The van der Waals surface area contributed by atoms with Gasteiger partial charge < -0.3 is 10.0 Å². The average Bonchev–Trinajstić information content (AvgIpc) is 2.95. The van der Waals surface area contributed by atoms with E-state index >= 15 is 0 Å². The third-order valence-corrected chi connectivity index (χ3v) is 6.51. The maximum atomic E-state index is 12.7. The van der Waals surface area contributed by atoms with Crippen molar-refractivity contribution in [3.63, 3.8) is 0 Å². The molecule has 158 valence electrons. The molecule has 10 heteroatoms. The zero-order valence-corrected chi connectivity index (χ0v) is 16.8. The van der Waals surface area contributed by atoms with E-state index in [1.165, 1.54) is 12.1 Å². The van der Waals surface area contributed by atoms with Crippen LogP contribution in [0.25, 0.3) is 0 Å². The van der Waals surface area contributed by atoms with Crippen LogP contribution in [0.1, 0.15) is 25.1 Å². The molecule has 2 heterocycles. The summed E-state index contributed by atoms with van der Waals surface area (Å²) in [6.45, 7) is 5.73. The van der Waals surface area contributed by atoms with E-state index in [0.717, 1.165) is 17.7 Å². The summed E-state index contributed by atoms with van der Waals surface area (Å²) < 4.78 is 61.2. The first-order valence-corrected chi connectivity index (χ1v) is 10.4. The Bertz CT molecular complexity index is 976. The van der Waals surface area contributed by atoms with Crippen LogP contribution in [-0.4, -0.2) is 47.7 Å². The molecule has 0 spiro atoms. The summed E-state index contributed by atoms with van der Waals surface area (Å²) in [5.74, 6) is 0. The summed E-state index contributed by atoms with van der Waals surface area (Å²) in [6.07, 6.45) is 1.64. The van der Waals surface area contributed by atoms with Crippen molar-refractivity contribution in [2.24, 2.45) is 0 Å². The minimum Gasteiger partial charge on any atom is -0.390 e. The number of sulfone groups is 1. The predicted octanol–water partition coefficient (Wildman–Crippen LogP) is 2.93. The zero-order valence-electron chi connectivity index (χ0n) is 16.0. The van der Waals surface area contributed by atoms with Crippen molar-refractivity contribution in [3.05, 3.63) is 53.9 Å². The highest BCUT2D eigenvalue weighted by atomic mass is 32.2. The molecule has 1 aromatic heterocycles. The molecule has 0 radical (unpaired) electrons. The van der Waals surface area contributed by atoms with Crippen LogP contribution >= 0.6 is 0 Å². The smallest absolute Gasteiger partial charge is 0.390 e. The molecular weight excluding hydrogens is 407 g/mol. The van der Waals surface area contributed by atoms with Crippen molar-refractivity contribution in [2.75, 3.05) is 18.1 Å². The molecule has 1 N–H and O–H groups in total. The fourth-order valence-corrected chi connectivity index (χ4v) is 4.12. The largest absolute Gasteiger partial charge is 0.501 e. The molecule has 0 bridgehead atoms. The van der Waals surface area contributed by atoms with Crippen LogP contribution in [-0.2, 0) is 23.0 Å². The van der Waals surface area contributed by atoms with Gasteiger partial charge in [0, 0.05) is 30.5 Å². The monoisotopic (exact) mass is 429 g/mol. The summed E-state index contributed by atoms with van der Waals surface area (Å²) in [4.78, 5) is 7.48. The number of rotatable bonds is 5. The van der Waals surface area contributed by atoms with Gasteiger partial charge in [-0.2, -0.15) is 13.2 Å². The van der Waals surface area contributed by atoms with Gasteiger partial charge in [-0.1, -0.05) is 0 Å². The standard InChI is InChI=1S/C19H22F3N3O3S/c1-18(2)12-24(13-25(18)10-14-7-8-23-15(9-14)11-26)16-3-5-17(6-4-16)29(27,28)19(20,21)22/h3-9,26H,10-13H2,1-2H3. The van der Waals surface area contributed by atoms with E-state index < -0.39 is 20.2 Å². The third kappa shape index (κ3) is 4.39. The second-order valence-corrected chi connectivity index (χ2v) is 9.55. The van der Waals surface area contributed by atoms with Gasteiger partial charge in [0.15, 0.2) is 0 Å². The third-order valence-electron chi connectivity index (χ3n) is 5.01. The first-order chi connectivity index (χ1) is 13.4. The first kappa shape index (κ1) is 21.5. The number of halogens is 3. The number of alkyl halides is 3. The van der Waals surface area contributed by atoms with Crippen LogP contribution in [0.15, 0.2) is 47.5 Å². The highest BCUT2D eigenvalue weighted by Gasteiger charge is 2.47. The molecule has 0 unspecified atom stereocenters. The van der Waals surface area contributed by atoms with Gasteiger partial charge in [0.25, 0.3) is 9.84 Å². The van der Waals surface area contributed by atoms with Crippen molar-refractivity contribution < 1.29 is 26.7 Å². The number of aliphatic hydroxyl groups excluding tert-OH is 1. The first-order valence-electron chi connectivity index (χ1n) is 8.90. The van der Waals surface area contributed by atoms with Crippen LogP contribution in [0.3, 0.4) is 0 Å². The fourth-order valence-electron chi connectivity index (χ4n) is 3.35. The number of hydrogen-bond donors (Lipinski definition) is 1. The molecule has 0 atom stereocenters. The molecule has 1 aliphatic heterocycles. The van der Waals surface area contributed by atoms with Crippen LogP contribution in [0.5, 0.6) is 0 Å². The fraction of sp³-hybridized carbons (Fsp3) is 0.421. The van der Waals surface area contributed by atoms with Gasteiger partial charge in [0.1, 0.15) is 0 Å². The molecule has 3 rings (SSSR count). The summed E-state index contributed by atoms with van der Waals surface area (Å²) in [5.41, 5.74) is -3.32. The minimum atomic E-state index is -5.35. The molecule has 0 amide bonds. The maximum absolute atomic E-state index is 12.7. The summed E-state index contributed by atoms with van der Waals surface area (Å²) in [7, 11) is -5.35. The molecule has 2 aromatic rings. The topological polar surface area (TPSA) is 73.7 Å². The lowest BCUT2D eigenvalue weighted by Crippen LogP contribution is -2.39. The van der Waals surface area contributed by atoms with Crippen molar-refractivity contribution >= 4 is 15.5 Å². The number of anilines is 1. The number of benzene rings is 1. The summed E-state index contributed by atoms with van der Waals surface area (Å²) in [6, 6.07) is 8.47. The Hall–Kier alpha value is -2.17. The highest BCUT2D eigenvalue weighted by Crippen LogP contribution is 2.33. The van der Waals surface area contributed by atoms with Crippen LogP contribution in [0, 0.1) is 0 Å². The zero-order chi connectivity index (χ0) is 21.4. The van der Waals surface area contributed by atoms with Crippen molar-refractivity contribution in [2.45, 2.75) is 42.9 Å². The van der Waals surface area contributed by atoms with Crippen LogP contribution in [0.4, 0.5) is 18.9 Å². The highest BCUT2D eigenvalue weighted by molar-refractivity contribution is 7.92.